The molecule has 1 atom stereocenters. The minimum absolute atomic E-state index is 0.0488. The van der Waals surface area contributed by atoms with E-state index in [1.165, 1.54) is 18.3 Å². The van der Waals surface area contributed by atoms with Gasteiger partial charge in [0.2, 0.25) is 0 Å². The van der Waals surface area contributed by atoms with Gasteiger partial charge in [0.05, 0.1) is 11.4 Å². The fraction of sp³-hybridized carbons (Fsp3) is 0.286. The fourth-order valence-electron chi connectivity index (χ4n) is 0.845. The summed E-state index contributed by atoms with van der Waals surface area (Å²) < 4.78 is 36.3. The molecular formula is C7H8F3N3. The van der Waals surface area contributed by atoms with Crippen molar-refractivity contribution in [1.29, 1.82) is 0 Å². The topological polar surface area (TPSA) is 64.9 Å². The van der Waals surface area contributed by atoms with E-state index in [2.05, 4.69) is 4.98 Å². The highest BCUT2D eigenvalue weighted by molar-refractivity contribution is 5.43. The van der Waals surface area contributed by atoms with Crippen molar-refractivity contribution in [3.05, 3.63) is 24.0 Å². The van der Waals surface area contributed by atoms with Gasteiger partial charge in [0.25, 0.3) is 0 Å². The quantitative estimate of drug-likeness (QED) is 0.701. The first-order valence-electron chi connectivity index (χ1n) is 3.45. The normalized spacial score (nSPS) is 14.2. The molecule has 0 radical (unpaired) electrons. The molecule has 0 bridgehead atoms. The van der Waals surface area contributed by atoms with Crippen molar-refractivity contribution >= 4 is 5.69 Å². The summed E-state index contributed by atoms with van der Waals surface area (Å²) in [6.45, 7) is 0. The van der Waals surface area contributed by atoms with E-state index in [9.17, 15) is 13.2 Å². The maximum absolute atomic E-state index is 12.1. The van der Waals surface area contributed by atoms with Crippen LogP contribution in [0.3, 0.4) is 0 Å². The van der Waals surface area contributed by atoms with Crippen LogP contribution in [0.15, 0.2) is 18.3 Å². The van der Waals surface area contributed by atoms with Crippen LogP contribution in [0.1, 0.15) is 11.7 Å². The van der Waals surface area contributed by atoms with Gasteiger partial charge in [-0.3, -0.25) is 4.98 Å². The fourth-order valence-corrected chi connectivity index (χ4v) is 0.845. The monoisotopic (exact) mass is 191 g/mol. The van der Waals surface area contributed by atoms with E-state index in [1.807, 2.05) is 0 Å². The number of nitrogens with zero attached hydrogens (tertiary/aromatic N) is 1. The SMILES string of the molecule is Nc1cccnc1[C@@H](N)C(F)(F)F. The largest absolute Gasteiger partial charge is 0.409 e. The van der Waals surface area contributed by atoms with Gasteiger partial charge < -0.3 is 11.5 Å². The van der Waals surface area contributed by atoms with Gasteiger partial charge in [-0.1, -0.05) is 0 Å². The second kappa shape index (κ2) is 3.21. The Morgan fingerprint density at radius 1 is 1.38 bits per heavy atom. The van der Waals surface area contributed by atoms with E-state index >= 15 is 0 Å². The lowest BCUT2D eigenvalue weighted by Gasteiger charge is -2.15. The summed E-state index contributed by atoms with van der Waals surface area (Å²) in [6, 6.07) is 0.657. The lowest BCUT2D eigenvalue weighted by atomic mass is 10.1. The van der Waals surface area contributed by atoms with Crippen LogP contribution in [-0.2, 0) is 0 Å². The number of anilines is 1. The summed E-state index contributed by atoms with van der Waals surface area (Å²) >= 11 is 0. The Hall–Kier alpha value is -1.30. The number of alkyl halides is 3. The highest BCUT2D eigenvalue weighted by atomic mass is 19.4. The highest BCUT2D eigenvalue weighted by Gasteiger charge is 2.39. The van der Waals surface area contributed by atoms with Crippen molar-refractivity contribution in [2.24, 2.45) is 5.73 Å². The third-order valence-electron chi connectivity index (χ3n) is 1.52. The Kier molecular flexibility index (Phi) is 2.42. The van der Waals surface area contributed by atoms with Crippen molar-refractivity contribution in [2.45, 2.75) is 12.2 Å². The molecule has 0 saturated heterocycles. The summed E-state index contributed by atoms with van der Waals surface area (Å²) in [5.41, 5.74) is 9.79. The third-order valence-corrected chi connectivity index (χ3v) is 1.52. The molecule has 0 unspecified atom stereocenters. The standard InChI is InChI=1S/C7H8F3N3/c8-7(9,10)6(12)5-4(11)2-1-3-13-5/h1-3,6H,11-12H2/t6-/m1/s1. The molecule has 0 aliphatic carbocycles. The van der Waals surface area contributed by atoms with Gasteiger partial charge in [0.15, 0.2) is 0 Å². The molecule has 13 heavy (non-hydrogen) atoms. The van der Waals surface area contributed by atoms with Crippen LogP contribution in [0, 0.1) is 0 Å². The van der Waals surface area contributed by atoms with Crippen LogP contribution in [0.5, 0.6) is 0 Å². The van der Waals surface area contributed by atoms with E-state index in [1.54, 1.807) is 0 Å². The number of aromatic nitrogens is 1. The summed E-state index contributed by atoms with van der Waals surface area (Å²) in [7, 11) is 0. The van der Waals surface area contributed by atoms with Crippen LogP contribution in [0.2, 0.25) is 0 Å². The molecule has 0 saturated carbocycles. The molecule has 0 spiro atoms. The molecule has 1 rings (SSSR count). The number of nitrogens with two attached hydrogens (primary N) is 2. The van der Waals surface area contributed by atoms with Crippen molar-refractivity contribution in [3.8, 4) is 0 Å². The number of nitrogen functional groups attached to an aromatic ring is 1. The Bertz CT molecular complexity index is 297. The first-order valence-corrected chi connectivity index (χ1v) is 3.45. The van der Waals surface area contributed by atoms with E-state index in [-0.39, 0.29) is 11.4 Å². The molecule has 3 nitrogen and oxygen atoms in total. The van der Waals surface area contributed by atoms with Crippen molar-refractivity contribution in [1.82, 2.24) is 4.98 Å². The third kappa shape index (κ3) is 2.09. The molecule has 0 aliphatic heterocycles. The van der Waals surface area contributed by atoms with Crippen LogP contribution in [0.4, 0.5) is 18.9 Å². The van der Waals surface area contributed by atoms with Crippen LogP contribution in [0.25, 0.3) is 0 Å². The van der Waals surface area contributed by atoms with Crippen molar-refractivity contribution < 1.29 is 13.2 Å². The first-order chi connectivity index (χ1) is 5.93. The van der Waals surface area contributed by atoms with E-state index in [0.717, 1.165) is 0 Å². The zero-order valence-electron chi connectivity index (χ0n) is 6.55. The molecule has 1 heterocycles. The predicted octanol–water partition coefficient (Wildman–Crippen LogP) is 1.23. The van der Waals surface area contributed by atoms with Gasteiger partial charge in [0.1, 0.15) is 6.04 Å². The van der Waals surface area contributed by atoms with E-state index in [0.29, 0.717) is 0 Å². The molecule has 0 aromatic carbocycles. The zero-order valence-corrected chi connectivity index (χ0v) is 6.55. The molecular weight excluding hydrogens is 183 g/mol. The van der Waals surface area contributed by atoms with Crippen LogP contribution >= 0.6 is 0 Å². The average molecular weight is 191 g/mol. The van der Waals surface area contributed by atoms with Gasteiger partial charge in [-0.2, -0.15) is 13.2 Å². The Labute approximate surface area is 72.6 Å². The predicted molar refractivity (Wildman–Crippen MR) is 41.6 cm³/mol. The van der Waals surface area contributed by atoms with Gasteiger partial charge in [-0.25, -0.2) is 0 Å². The van der Waals surface area contributed by atoms with Gasteiger partial charge in [-0.05, 0) is 12.1 Å². The van der Waals surface area contributed by atoms with Crippen LogP contribution < -0.4 is 11.5 Å². The maximum Gasteiger partial charge on any atom is 0.409 e. The van der Waals surface area contributed by atoms with Gasteiger partial charge in [0, 0.05) is 6.20 Å². The molecule has 72 valence electrons. The van der Waals surface area contributed by atoms with E-state index < -0.39 is 12.2 Å². The number of halogens is 3. The highest BCUT2D eigenvalue weighted by Crippen LogP contribution is 2.31. The number of pyridine rings is 1. The first kappa shape index (κ1) is 9.79. The number of rotatable bonds is 1. The minimum atomic E-state index is -4.51. The minimum Gasteiger partial charge on any atom is -0.397 e. The molecule has 0 aliphatic rings. The second-order valence-corrected chi connectivity index (χ2v) is 2.50. The van der Waals surface area contributed by atoms with Gasteiger partial charge in [-0.15, -0.1) is 0 Å². The van der Waals surface area contributed by atoms with Crippen molar-refractivity contribution in [2.75, 3.05) is 5.73 Å². The average Bonchev–Trinajstić information content (AvgIpc) is 2.02. The number of hydrogen-bond acceptors (Lipinski definition) is 3. The molecule has 1 aromatic rings. The molecule has 1 aromatic heterocycles. The summed E-state index contributed by atoms with van der Waals surface area (Å²) in [6.07, 6.45) is -3.29. The smallest absolute Gasteiger partial charge is 0.397 e. The molecule has 0 amide bonds. The van der Waals surface area contributed by atoms with E-state index in [4.69, 9.17) is 11.5 Å². The summed E-state index contributed by atoms with van der Waals surface area (Å²) in [5.74, 6) is 0. The molecule has 6 heteroatoms. The lowest BCUT2D eigenvalue weighted by Crippen LogP contribution is -2.30. The van der Waals surface area contributed by atoms with Crippen molar-refractivity contribution in [3.63, 3.8) is 0 Å². The summed E-state index contributed by atoms with van der Waals surface area (Å²) in [4.78, 5) is 3.47. The van der Waals surface area contributed by atoms with Gasteiger partial charge >= 0.3 is 6.18 Å². The van der Waals surface area contributed by atoms with Crippen LogP contribution in [-0.4, -0.2) is 11.2 Å². The Morgan fingerprint density at radius 3 is 2.46 bits per heavy atom. The maximum atomic E-state index is 12.1. The second-order valence-electron chi connectivity index (χ2n) is 2.50. The number of hydrogen-bond donors (Lipinski definition) is 2. The lowest BCUT2D eigenvalue weighted by molar-refractivity contribution is -0.149. The Balaban J connectivity index is 3.02. The molecule has 0 fully saturated rings. The Morgan fingerprint density at radius 2 is 2.00 bits per heavy atom. The molecule has 4 N–H and O–H groups in total. The zero-order chi connectivity index (χ0) is 10.1. The summed E-state index contributed by atoms with van der Waals surface area (Å²) in [5, 5.41) is 0.